The number of hydrogen-bond acceptors (Lipinski definition) is 7. The minimum Gasteiger partial charge on any atom is -0.497 e. The number of fused-ring (bicyclic) bond motifs is 1. The van der Waals surface area contributed by atoms with E-state index in [0.717, 1.165) is 15.3 Å². The summed E-state index contributed by atoms with van der Waals surface area (Å²) in [5.41, 5.74) is 1.80. The summed E-state index contributed by atoms with van der Waals surface area (Å²) in [4.78, 5) is 30.1. The molecular weight excluding hydrogens is 416 g/mol. The number of hydrogen-bond donors (Lipinski definition) is 1. The molecule has 4 aromatic rings. The number of thiazole rings is 1. The lowest BCUT2D eigenvalue weighted by atomic mass is 10.1. The topological polar surface area (TPSA) is 95.3 Å². The van der Waals surface area contributed by atoms with Gasteiger partial charge in [0.1, 0.15) is 23.7 Å². The number of aromatic nitrogens is 3. The first-order valence-corrected chi connectivity index (χ1v) is 10.3. The Bertz CT molecular complexity index is 1310. The summed E-state index contributed by atoms with van der Waals surface area (Å²) in [5.74, 6) is 0.619. The zero-order valence-corrected chi connectivity index (χ0v) is 18.0. The number of carbonyl (C=O) groups is 1. The minimum absolute atomic E-state index is 0.272. The second-order valence-electron chi connectivity index (χ2n) is 6.70. The largest absolute Gasteiger partial charge is 0.497 e. The van der Waals surface area contributed by atoms with Crippen LogP contribution in [0.3, 0.4) is 0 Å². The Balaban J connectivity index is 1.71. The van der Waals surface area contributed by atoms with Crippen LogP contribution in [-0.4, -0.2) is 34.9 Å². The second-order valence-corrected chi connectivity index (χ2v) is 7.91. The van der Waals surface area contributed by atoms with Crippen molar-refractivity contribution in [2.24, 2.45) is 0 Å². The van der Waals surface area contributed by atoms with Crippen molar-refractivity contribution in [3.05, 3.63) is 63.9 Å². The summed E-state index contributed by atoms with van der Waals surface area (Å²) in [5, 5.41) is 8.02. The van der Waals surface area contributed by atoms with Gasteiger partial charge < -0.3 is 14.8 Å². The highest BCUT2D eigenvalue weighted by molar-refractivity contribution is 7.19. The van der Waals surface area contributed by atoms with Crippen LogP contribution in [0, 0.1) is 6.92 Å². The van der Waals surface area contributed by atoms with E-state index in [4.69, 9.17) is 9.47 Å². The number of carbonyl (C=O) groups excluding carboxylic acids is 1. The third-order valence-electron chi connectivity index (χ3n) is 4.63. The molecule has 2 aromatic carbocycles. The minimum atomic E-state index is -0.425. The van der Waals surface area contributed by atoms with Crippen molar-refractivity contribution in [2.45, 2.75) is 13.5 Å². The normalized spacial score (nSPS) is 10.8. The molecule has 0 saturated carbocycles. The fourth-order valence-electron chi connectivity index (χ4n) is 3.20. The van der Waals surface area contributed by atoms with Gasteiger partial charge in [-0.3, -0.25) is 9.59 Å². The second kappa shape index (κ2) is 8.57. The number of methoxy groups -OCH3 is 2. The summed E-state index contributed by atoms with van der Waals surface area (Å²) in [6.45, 7) is 1.57. The van der Waals surface area contributed by atoms with E-state index in [1.165, 1.54) is 25.6 Å². The molecule has 2 heterocycles. The maximum Gasteiger partial charge on any atom is 0.294 e. The Hall–Kier alpha value is -3.72. The van der Waals surface area contributed by atoms with E-state index in [0.29, 0.717) is 33.1 Å². The molecule has 9 heteroatoms. The SMILES string of the molecule is COc1ccc(OC)c(NC(=O)Cn2nc(-c3ccccc3)c3sc(C)nc3c2=O)c1. The first-order chi connectivity index (χ1) is 15.0. The fourth-order valence-corrected chi connectivity index (χ4v) is 4.11. The molecule has 31 heavy (non-hydrogen) atoms. The van der Waals surface area contributed by atoms with Gasteiger partial charge in [-0.15, -0.1) is 11.3 Å². The number of benzene rings is 2. The summed E-state index contributed by atoms with van der Waals surface area (Å²) in [6.07, 6.45) is 0. The maximum atomic E-state index is 13.0. The van der Waals surface area contributed by atoms with E-state index >= 15 is 0 Å². The molecule has 1 N–H and O–H groups in total. The highest BCUT2D eigenvalue weighted by Gasteiger charge is 2.18. The Morgan fingerprint density at radius 2 is 1.90 bits per heavy atom. The number of aryl methyl sites for hydroxylation is 1. The van der Waals surface area contributed by atoms with Crippen LogP contribution in [0.1, 0.15) is 5.01 Å². The van der Waals surface area contributed by atoms with E-state index in [1.807, 2.05) is 37.3 Å². The van der Waals surface area contributed by atoms with Gasteiger partial charge in [0, 0.05) is 11.6 Å². The third-order valence-corrected chi connectivity index (χ3v) is 5.61. The molecule has 0 aliphatic carbocycles. The zero-order chi connectivity index (χ0) is 22.0. The quantitative estimate of drug-likeness (QED) is 0.497. The highest BCUT2D eigenvalue weighted by Crippen LogP contribution is 2.30. The van der Waals surface area contributed by atoms with Gasteiger partial charge in [-0.25, -0.2) is 9.67 Å². The van der Waals surface area contributed by atoms with Crippen molar-refractivity contribution in [2.75, 3.05) is 19.5 Å². The third kappa shape index (κ3) is 4.13. The lowest BCUT2D eigenvalue weighted by Gasteiger charge is -2.12. The van der Waals surface area contributed by atoms with E-state index in [2.05, 4.69) is 15.4 Å². The molecule has 0 radical (unpaired) electrons. The van der Waals surface area contributed by atoms with Crippen LogP contribution < -0.4 is 20.3 Å². The number of amides is 1. The molecule has 0 atom stereocenters. The van der Waals surface area contributed by atoms with Crippen molar-refractivity contribution < 1.29 is 14.3 Å². The van der Waals surface area contributed by atoms with Crippen LogP contribution in [0.4, 0.5) is 5.69 Å². The van der Waals surface area contributed by atoms with E-state index < -0.39 is 11.5 Å². The molecule has 1 amide bonds. The molecule has 0 aliphatic rings. The van der Waals surface area contributed by atoms with Gasteiger partial charge in [0.15, 0.2) is 5.52 Å². The van der Waals surface area contributed by atoms with Crippen molar-refractivity contribution in [3.8, 4) is 22.8 Å². The van der Waals surface area contributed by atoms with Crippen molar-refractivity contribution in [3.63, 3.8) is 0 Å². The molecule has 8 nitrogen and oxygen atoms in total. The number of nitrogens with one attached hydrogen (secondary N) is 1. The Kier molecular flexibility index (Phi) is 5.68. The van der Waals surface area contributed by atoms with E-state index in [9.17, 15) is 9.59 Å². The van der Waals surface area contributed by atoms with Crippen LogP contribution in [-0.2, 0) is 11.3 Å². The number of anilines is 1. The first kappa shape index (κ1) is 20.5. The Morgan fingerprint density at radius 1 is 1.13 bits per heavy atom. The lowest BCUT2D eigenvalue weighted by Crippen LogP contribution is -2.30. The van der Waals surface area contributed by atoms with E-state index in [-0.39, 0.29) is 6.54 Å². The predicted octanol–water partition coefficient (Wildman–Crippen LogP) is 3.48. The maximum absolute atomic E-state index is 13.0. The van der Waals surface area contributed by atoms with Crippen LogP contribution in [0.2, 0.25) is 0 Å². The van der Waals surface area contributed by atoms with Gasteiger partial charge in [0.2, 0.25) is 5.91 Å². The first-order valence-electron chi connectivity index (χ1n) is 9.45. The molecule has 0 bridgehead atoms. The van der Waals surface area contributed by atoms with Gasteiger partial charge in [0.05, 0.1) is 29.6 Å². The molecule has 0 saturated heterocycles. The van der Waals surface area contributed by atoms with Crippen molar-refractivity contribution in [1.82, 2.24) is 14.8 Å². The Labute approximate surface area is 182 Å². The van der Waals surface area contributed by atoms with Crippen LogP contribution in [0.25, 0.3) is 21.5 Å². The summed E-state index contributed by atoms with van der Waals surface area (Å²) >= 11 is 1.41. The number of nitrogens with zero attached hydrogens (tertiary/aromatic N) is 3. The monoisotopic (exact) mass is 436 g/mol. The van der Waals surface area contributed by atoms with Crippen LogP contribution in [0.5, 0.6) is 11.5 Å². The lowest BCUT2D eigenvalue weighted by molar-refractivity contribution is -0.117. The molecule has 0 spiro atoms. The molecule has 0 unspecified atom stereocenters. The molecule has 0 fully saturated rings. The van der Waals surface area contributed by atoms with Crippen LogP contribution >= 0.6 is 11.3 Å². The van der Waals surface area contributed by atoms with Gasteiger partial charge in [-0.05, 0) is 19.1 Å². The standard InChI is InChI=1S/C22H20N4O4S/c1-13-23-20-21(31-13)19(14-7-5-4-6-8-14)25-26(22(20)28)12-18(27)24-16-11-15(29-2)9-10-17(16)30-3/h4-11H,12H2,1-3H3,(H,24,27). The molecular formula is C22H20N4O4S. The van der Waals surface area contributed by atoms with Crippen LogP contribution in [0.15, 0.2) is 53.3 Å². The van der Waals surface area contributed by atoms with E-state index in [1.54, 1.807) is 18.2 Å². The fraction of sp³-hybridized carbons (Fsp3) is 0.182. The summed E-state index contributed by atoms with van der Waals surface area (Å²) in [6, 6.07) is 14.6. The molecule has 4 rings (SSSR count). The molecule has 158 valence electrons. The van der Waals surface area contributed by atoms with Gasteiger partial charge in [-0.1, -0.05) is 30.3 Å². The number of rotatable bonds is 6. The Morgan fingerprint density at radius 3 is 2.61 bits per heavy atom. The van der Waals surface area contributed by atoms with Gasteiger partial charge in [-0.2, -0.15) is 5.10 Å². The summed E-state index contributed by atoms with van der Waals surface area (Å²) in [7, 11) is 3.04. The zero-order valence-electron chi connectivity index (χ0n) is 17.2. The summed E-state index contributed by atoms with van der Waals surface area (Å²) < 4.78 is 12.4. The van der Waals surface area contributed by atoms with Crippen molar-refractivity contribution >= 4 is 33.1 Å². The predicted molar refractivity (Wildman–Crippen MR) is 120 cm³/mol. The average molecular weight is 436 g/mol. The average Bonchev–Trinajstić information content (AvgIpc) is 3.18. The molecule has 0 aliphatic heterocycles. The van der Waals surface area contributed by atoms with Gasteiger partial charge in [0.25, 0.3) is 5.56 Å². The van der Waals surface area contributed by atoms with Crippen molar-refractivity contribution in [1.29, 1.82) is 0 Å². The highest BCUT2D eigenvalue weighted by atomic mass is 32.1. The molecule has 2 aromatic heterocycles. The number of ether oxygens (including phenoxy) is 2. The smallest absolute Gasteiger partial charge is 0.294 e. The van der Waals surface area contributed by atoms with Gasteiger partial charge >= 0.3 is 0 Å².